The minimum atomic E-state index is -0.119. The Morgan fingerprint density at radius 1 is 1.19 bits per heavy atom. The van der Waals surface area contributed by atoms with E-state index in [0.29, 0.717) is 28.8 Å². The molecule has 2 heterocycles. The molecule has 3 N–H and O–H groups in total. The van der Waals surface area contributed by atoms with E-state index in [-0.39, 0.29) is 11.8 Å². The fraction of sp³-hybridized carbons (Fsp3) is 0.400. The maximum absolute atomic E-state index is 12.3. The maximum Gasteiger partial charge on any atom is 0.265 e. The normalized spacial score (nSPS) is 18.1. The van der Waals surface area contributed by atoms with E-state index in [9.17, 15) is 9.59 Å². The molecule has 5 nitrogen and oxygen atoms in total. The third-order valence-corrected chi connectivity index (χ3v) is 5.69. The molecule has 1 aliphatic heterocycles. The van der Waals surface area contributed by atoms with Crippen LogP contribution in [0.1, 0.15) is 35.9 Å². The number of hydrogen-bond acceptors (Lipinski definition) is 4. The highest BCUT2D eigenvalue weighted by molar-refractivity contribution is 7.12. The van der Waals surface area contributed by atoms with E-state index in [2.05, 4.69) is 22.9 Å². The van der Waals surface area contributed by atoms with E-state index in [4.69, 9.17) is 0 Å². The number of rotatable bonds is 6. The van der Waals surface area contributed by atoms with Crippen molar-refractivity contribution in [3.05, 3.63) is 46.7 Å². The van der Waals surface area contributed by atoms with Crippen LogP contribution in [0.3, 0.4) is 0 Å². The third-order valence-electron chi connectivity index (χ3n) is 4.82. The Kier molecular flexibility index (Phi) is 6.41. The molecule has 0 saturated carbocycles. The van der Waals surface area contributed by atoms with E-state index < -0.39 is 0 Å². The third kappa shape index (κ3) is 5.16. The van der Waals surface area contributed by atoms with E-state index in [1.165, 1.54) is 24.2 Å². The molecule has 2 atom stereocenters. The van der Waals surface area contributed by atoms with Crippen molar-refractivity contribution < 1.29 is 9.59 Å². The van der Waals surface area contributed by atoms with Crippen LogP contribution in [-0.2, 0) is 4.79 Å². The molecule has 138 valence electrons. The van der Waals surface area contributed by atoms with E-state index in [0.717, 1.165) is 18.8 Å². The average Bonchev–Trinajstić information content (AvgIpc) is 3.19. The van der Waals surface area contributed by atoms with Crippen molar-refractivity contribution in [1.82, 2.24) is 5.32 Å². The second kappa shape index (κ2) is 8.96. The quantitative estimate of drug-likeness (QED) is 0.720. The molecule has 0 aliphatic carbocycles. The number of benzene rings is 1. The van der Waals surface area contributed by atoms with Crippen LogP contribution in [-0.4, -0.2) is 24.9 Å². The highest BCUT2D eigenvalue weighted by Crippen LogP contribution is 2.23. The Hall–Kier alpha value is -2.18. The van der Waals surface area contributed by atoms with Crippen LogP contribution >= 0.6 is 11.3 Å². The Balaban J connectivity index is 1.48. The molecule has 3 rings (SSSR count). The van der Waals surface area contributed by atoms with Gasteiger partial charge in [-0.05, 0) is 73.5 Å². The van der Waals surface area contributed by atoms with Crippen molar-refractivity contribution in [2.75, 3.05) is 23.7 Å². The van der Waals surface area contributed by atoms with Crippen molar-refractivity contribution in [3.63, 3.8) is 0 Å². The van der Waals surface area contributed by atoms with Gasteiger partial charge in [0.2, 0.25) is 5.91 Å². The second-order valence-corrected chi connectivity index (χ2v) is 7.79. The topological polar surface area (TPSA) is 70.2 Å². The van der Waals surface area contributed by atoms with Gasteiger partial charge >= 0.3 is 0 Å². The van der Waals surface area contributed by atoms with Gasteiger partial charge in [-0.15, -0.1) is 11.3 Å². The van der Waals surface area contributed by atoms with Gasteiger partial charge in [0.25, 0.3) is 5.91 Å². The van der Waals surface area contributed by atoms with Crippen LogP contribution in [0.2, 0.25) is 0 Å². The first-order chi connectivity index (χ1) is 12.6. The van der Waals surface area contributed by atoms with Gasteiger partial charge in [0.15, 0.2) is 0 Å². The van der Waals surface area contributed by atoms with Crippen molar-refractivity contribution in [3.8, 4) is 0 Å². The van der Waals surface area contributed by atoms with Gasteiger partial charge < -0.3 is 16.0 Å². The Labute approximate surface area is 158 Å². The number of thiophene rings is 1. The van der Waals surface area contributed by atoms with Crippen molar-refractivity contribution in [2.45, 2.75) is 26.2 Å². The summed E-state index contributed by atoms with van der Waals surface area (Å²) in [5.74, 6) is 0.863. The summed E-state index contributed by atoms with van der Waals surface area (Å²) in [7, 11) is 0. The lowest BCUT2D eigenvalue weighted by Crippen LogP contribution is -2.34. The van der Waals surface area contributed by atoms with Crippen LogP contribution in [0.15, 0.2) is 41.8 Å². The first kappa shape index (κ1) is 18.6. The second-order valence-electron chi connectivity index (χ2n) is 6.84. The molecule has 2 aromatic rings. The zero-order valence-electron chi connectivity index (χ0n) is 15.0. The predicted molar refractivity (Wildman–Crippen MR) is 107 cm³/mol. The lowest BCUT2D eigenvalue weighted by atomic mass is 9.85. The minimum Gasteiger partial charge on any atom is -0.326 e. The molecular formula is C20H25N3O2S. The van der Waals surface area contributed by atoms with Crippen LogP contribution < -0.4 is 16.0 Å². The van der Waals surface area contributed by atoms with Crippen LogP contribution in [0, 0.1) is 11.8 Å². The molecule has 2 amide bonds. The van der Waals surface area contributed by atoms with E-state index >= 15 is 0 Å². The van der Waals surface area contributed by atoms with Gasteiger partial charge in [-0.3, -0.25) is 9.59 Å². The zero-order chi connectivity index (χ0) is 18.4. The monoisotopic (exact) mass is 371 g/mol. The zero-order valence-corrected chi connectivity index (χ0v) is 15.8. The predicted octanol–water partition coefficient (Wildman–Crippen LogP) is 3.96. The summed E-state index contributed by atoms with van der Waals surface area (Å²) in [4.78, 5) is 25.0. The Bertz CT molecular complexity index is 722. The van der Waals surface area contributed by atoms with E-state index in [1.54, 1.807) is 18.2 Å². The van der Waals surface area contributed by atoms with Crippen molar-refractivity contribution in [1.29, 1.82) is 0 Å². The maximum atomic E-state index is 12.3. The lowest BCUT2D eigenvalue weighted by molar-refractivity contribution is -0.117. The van der Waals surface area contributed by atoms with Gasteiger partial charge in [-0.25, -0.2) is 0 Å². The van der Waals surface area contributed by atoms with Gasteiger partial charge in [0, 0.05) is 17.8 Å². The van der Waals surface area contributed by atoms with E-state index in [1.807, 2.05) is 23.6 Å². The fourth-order valence-electron chi connectivity index (χ4n) is 3.27. The highest BCUT2D eigenvalue weighted by atomic mass is 32.1. The molecule has 26 heavy (non-hydrogen) atoms. The van der Waals surface area contributed by atoms with Crippen LogP contribution in [0.25, 0.3) is 0 Å². The largest absolute Gasteiger partial charge is 0.326 e. The Morgan fingerprint density at radius 3 is 2.54 bits per heavy atom. The van der Waals surface area contributed by atoms with Crippen LogP contribution in [0.5, 0.6) is 0 Å². The molecule has 1 aromatic heterocycles. The molecule has 1 aliphatic rings. The molecular weight excluding hydrogens is 346 g/mol. The summed E-state index contributed by atoms with van der Waals surface area (Å²) in [5, 5.41) is 11.1. The summed E-state index contributed by atoms with van der Waals surface area (Å²) in [6.07, 6.45) is 2.92. The minimum absolute atomic E-state index is 0.0402. The van der Waals surface area contributed by atoms with Crippen molar-refractivity contribution in [2.24, 2.45) is 11.8 Å². The summed E-state index contributed by atoms with van der Waals surface area (Å²) in [5.41, 5.74) is 1.46. The number of carbonyl (C=O) groups is 2. The smallest absolute Gasteiger partial charge is 0.265 e. The number of hydrogen-bond donors (Lipinski definition) is 3. The molecule has 2 unspecified atom stereocenters. The number of piperidine rings is 1. The van der Waals surface area contributed by atoms with Gasteiger partial charge in [0.1, 0.15) is 0 Å². The molecule has 0 radical (unpaired) electrons. The average molecular weight is 372 g/mol. The highest BCUT2D eigenvalue weighted by Gasteiger charge is 2.22. The first-order valence-corrected chi connectivity index (χ1v) is 9.95. The Morgan fingerprint density at radius 2 is 1.92 bits per heavy atom. The van der Waals surface area contributed by atoms with Gasteiger partial charge in [0.05, 0.1) is 4.88 Å². The van der Waals surface area contributed by atoms with Gasteiger partial charge in [-0.1, -0.05) is 13.0 Å². The fourth-order valence-corrected chi connectivity index (χ4v) is 3.89. The number of anilines is 2. The van der Waals surface area contributed by atoms with Gasteiger partial charge in [-0.2, -0.15) is 0 Å². The SMILES string of the molecule is CC(CC(=O)Nc1ccc(NC(=O)c2cccs2)cc1)C1CCCNC1. The number of nitrogens with one attached hydrogen (secondary N) is 3. The van der Waals surface area contributed by atoms with Crippen molar-refractivity contribution >= 4 is 34.5 Å². The number of carbonyl (C=O) groups excluding carboxylic acids is 2. The summed E-state index contributed by atoms with van der Waals surface area (Å²) >= 11 is 1.41. The molecule has 0 bridgehead atoms. The standard InChI is InChI=1S/C20H25N3O2S/c1-14(15-4-2-10-21-13-15)12-19(24)22-16-6-8-17(9-7-16)23-20(25)18-5-3-11-26-18/h3,5-9,11,14-15,21H,2,4,10,12-13H2,1H3,(H,22,24)(H,23,25). The molecule has 6 heteroatoms. The lowest BCUT2D eigenvalue weighted by Gasteiger charge is -2.28. The summed E-state index contributed by atoms with van der Waals surface area (Å²) < 4.78 is 0. The molecule has 0 spiro atoms. The summed E-state index contributed by atoms with van der Waals surface area (Å²) in [6, 6.07) is 10.9. The molecule has 1 aromatic carbocycles. The first-order valence-electron chi connectivity index (χ1n) is 9.07. The molecule has 1 fully saturated rings. The summed E-state index contributed by atoms with van der Waals surface area (Å²) in [6.45, 7) is 4.25. The molecule has 1 saturated heterocycles. The van der Waals surface area contributed by atoms with Crippen LogP contribution in [0.4, 0.5) is 11.4 Å². The number of amides is 2.